The molecule has 0 saturated carbocycles. The summed E-state index contributed by atoms with van der Waals surface area (Å²) in [4.78, 5) is 37.3. The van der Waals surface area contributed by atoms with Crippen LogP contribution in [0.25, 0.3) is 22.0 Å². The summed E-state index contributed by atoms with van der Waals surface area (Å²) >= 11 is 0. The maximum atomic E-state index is 14.5. The molecule has 10 heteroatoms. The van der Waals surface area contributed by atoms with Crippen LogP contribution in [0, 0.1) is 5.82 Å². The fourth-order valence-electron chi connectivity index (χ4n) is 4.82. The molecule has 1 aliphatic rings. The minimum Gasteiger partial charge on any atom is -0.387 e. The van der Waals surface area contributed by atoms with Gasteiger partial charge in [-0.2, -0.15) is 0 Å². The van der Waals surface area contributed by atoms with Crippen molar-refractivity contribution in [1.82, 2.24) is 24.2 Å². The number of aliphatic hydroxyl groups excluding tert-OH is 1. The van der Waals surface area contributed by atoms with Crippen LogP contribution in [0.3, 0.4) is 0 Å². The first-order valence-corrected chi connectivity index (χ1v) is 11.8. The quantitative estimate of drug-likeness (QED) is 0.461. The summed E-state index contributed by atoms with van der Waals surface area (Å²) in [5.74, 6) is -0.0215. The molecule has 5 rings (SSSR count). The van der Waals surface area contributed by atoms with Crippen LogP contribution in [0.4, 0.5) is 10.3 Å². The molecule has 2 aromatic carbocycles. The van der Waals surface area contributed by atoms with Gasteiger partial charge in [-0.25, -0.2) is 14.4 Å². The Labute approximate surface area is 207 Å². The summed E-state index contributed by atoms with van der Waals surface area (Å²) in [7, 11) is 1.69. The molecule has 1 amide bonds. The van der Waals surface area contributed by atoms with Gasteiger partial charge in [0, 0.05) is 56.7 Å². The van der Waals surface area contributed by atoms with Crippen LogP contribution in [0.15, 0.2) is 59.7 Å². The fourth-order valence-corrected chi connectivity index (χ4v) is 4.82. The summed E-state index contributed by atoms with van der Waals surface area (Å²) in [6, 6.07) is 11.7. The first kappa shape index (κ1) is 23.7. The first-order chi connectivity index (χ1) is 17.4. The number of carbonyl (C=O) groups excluding carboxylic acids is 1. The maximum Gasteiger partial charge on any atom is 0.274 e. The second-order valence-electron chi connectivity index (χ2n) is 8.90. The van der Waals surface area contributed by atoms with Gasteiger partial charge >= 0.3 is 0 Å². The highest BCUT2D eigenvalue weighted by molar-refractivity contribution is 5.84. The van der Waals surface area contributed by atoms with Crippen molar-refractivity contribution < 1.29 is 14.3 Å². The van der Waals surface area contributed by atoms with E-state index in [1.54, 1.807) is 48.6 Å². The number of benzene rings is 2. The van der Waals surface area contributed by atoms with Crippen LogP contribution < -0.4 is 10.5 Å². The van der Waals surface area contributed by atoms with Crippen molar-refractivity contribution in [2.24, 2.45) is 7.05 Å². The summed E-state index contributed by atoms with van der Waals surface area (Å²) in [6.07, 6.45) is 3.47. The van der Waals surface area contributed by atoms with E-state index in [9.17, 15) is 14.0 Å². The summed E-state index contributed by atoms with van der Waals surface area (Å²) in [5.41, 5.74) is 2.68. The number of fused-ring (bicyclic) bond motifs is 1. The highest BCUT2D eigenvalue weighted by Gasteiger charge is 2.23. The van der Waals surface area contributed by atoms with Gasteiger partial charge in [-0.1, -0.05) is 24.3 Å². The zero-order valence-electron chi connectivity index (χ0n) is 20.1. The molecule has 1 saturated heterocycles. The van der Waals surface area contributed by atoms with Crippen LogP contribution in [0.2, 0.25) is 0 Å². The SMILES string of the molecule is CC(c1ccccc1F)n1c2cc(-c3cnc(N4CCN(C(=O)CO)CC4)nc3)ccc2c(=O)n1C. The molecule has 36 heavy (non-hydrogen) atoms. The van der Waals surface area contributed by atoms with Gasteiger partial charge in [-0.15, -0.1) is 0 Å². The predicted octanol–water partition coefficient (Wildman–Crippen LogP) is 2.19. The lowest BCUT2D eigenvalue weighted by molar-refractivity contribution is -0.134. The Morgan fingerprint density at radius 2 is 1.75 bits per heavy atom. The Bertz CT molecular complexity index is 1470. The minimum absolute atomic E-state index is 0.148. The monoisotopic (exact) mass is 490 g/mol. The van der Waals surface area contributed by atoms with E-state index in [1.165, 1.54) is 10.7 Å². The number of amides is 1. The summed E-state index contributed by atoms with van der Waals surface area (Å²) < 4.78 is 17.9. The highest BCUT2D eigenvalue weighted by atomic mass is 19.1. The second-order valence-corrected chi connectivity index (χ2v) is 8.90. The Hall–Kier alpha value is -4.05. The third-order valence-corrected chi connectivity index (χ3v) is 6.84. The van der Waals surface area contributed by atoms with Gasteiger partial charge in [0.2, 0.25) is 11.9 Å². The number of anilines is 1. The van der Waals surface area contributed by atoms with Crippen LogP contribution in [0.1, 0.15) is 18.5 Å². The lowest BCUT2D eigenvalue weighted by Gasteiger charge is -2.34. The normalized spacial score (nSPS) is 14.9. The number of hydrogen-bond donors (Lipinski definition) is 1. The molecular formula is C26H27FN6O3. The van der Waals surface area contributed by atoms with Gasteiger partial charge in [0.15, 0.2) is 0 Å². The maximum absolute atomic E-state index is 14.5. The second kappa shape index (κ2) is 9.54. The van der Waals surface area contributed by atoms with Crippen molar-refractivity contribution in [2.45, 2.75) is 13.0 Å². The molecule has 1 unspecified atom stereocenters. The molecule has 2 aromatic heterocycles. The smallest absolute Gasteiger partial charge is 0.274 e. The van der Waals surface area contributed by atoms with Crippen molar-refractivity contribution in [2.75, 3.05) is 37.7 Å². The Kier molecular flexibility index (Phi) is 6.27. The molecule has 1 N–H and O–H groups in total. The molecule has 1 aliphatic heterocycles. The summed E-state index contributed by atoms with van der Waals surface area (Å²) in [5, 5.41) is 9.60. The average Bonchev–Trinajstić information content (AvgIpc) is 3.17. The molecule has 0 radical (unpaired) electrons. The Balaban J connectivity index is 1.44. The van der Waals surface area contributed by atoms with Gasteiger partial charge in [-0.05, 0) is 30.7 Å². The van der Waals surface area contributed by atoms with E-state index >= 15 is 0 Å². The zero-order valence-corrected chi connectivity index (χ0v) is 20.1. The topological polar surface area (TPSA) is 96.5 Å². The van der Waals surface area contributed by atoms with E-state index in [0.29, 0.717) is 48.6 Å². The van der Waals surface area contributed by atoms with Gasteiger partial charge in [0.25, 0.3) is 5.56 Å². The van der Waals surface area contributed by atoms with E-state index in [2.05, 4.69) is 9.97 Å². The van der Waals surface area contributed by atoms with Crippen LogP contribution in [-0.2, 0) is 11.8 Å². The number of hydrogen-bond acceptors (Lipinski definition) is 6. The van der Waals surface area contributed by atoms with Gasteiger partial charge in [-0.3, -0.25) is 19.0 Å². The number of aromatic nitrogens is 4. The largest absolute Gasteiger partial charge is 0.387 e. The molecule has 9 nitrogen and oxygen atoms in total. The molecule has 3 heterocycles. The van der Waals surface area contributed by atoms with Gasteiger partial charge in [0.1, 0.15) is 12.4 Å². The van der Waals surface area contributed by atoms with Crippen molar-refractivity contribution in [1.29, 1.82) is 0 Å². The van der Waals surface area contributed by atoms with Crippen LogP contribution in [-0.4, -0.2) is 68.0 Å². The number of aliphatic hydroxyl groups is 1. The standard InChI is InChI=1S/C26H27FN6O3/c1-17(20-5-3-4-6-22(20)27)33-23-13-18(7-8-21(23)25(36)30(33)2)19-14-28-26(29-15-19)32-11-9-31(10-12-32)24(35)16-34/h3-8,13-15,17,34H,9-12,16H2,1-2H3. The van der Waals surface area contributed by atoms with Gasteiger partial charge in [0.05, 0.1) is 16.9 Å². The molecule has 1 fully saturated rings. The third-order valence-electron chi connectivity index (χ3n) is 6.84. The van der Waals surface area contributed by atoms with E-state index in [1.807, 2.05) is 28.6 Å². The van der Waals surface area contributed by atoms with Crippen molar-refractivity contribution in [3.8, 4) is 11.1 Å². The lowest BCUT2D eigenvalue weighted by Crippen LogP contribution is -2.50. The van der Waals surface area contributed by atoms with Crippen LogP contribution >= 0.6 is 0 Å². The van der Waals surface area contributed by atoms with E-state index in [4.69, 9.17) is 5.11 Å². The molecule has 0 aliphatic carbocycles. The summed E-state index contributed by atoms with van der Waals surface area (Å²) in [6.45, 7) is 3.57. The van der Waals surface area contributed by atoms with Crippen molar-refractivity contribution >= 4 is 22.8 Å². The predicted molar refractivity (Wildman–Crippen MR) is 134 cm³/mol. The average molecular weight is 491 g/mol. The highest BCUT2D eigenvalue weighted by Crippen LogP contribution is 2.28. The van der Waals surface area contributed by atoms with Crippen LogP contribution in [0.5, 0.6) is 0 Å². The van der Waals surface area contributed by atoms with E-state index < -0.39 is 12.6 Å². The zero-order chi connectivity index (χ0) is 25.4. The number of rotatable bonds is 5. The molecule has 1 atom stereocenters. The fraction of sp³-hybridized carbons (Fsp3) is 0.308. The molecule has 4 aromatic rings. The molecule has 0 bridgehead atoms. The molecular weight excluding hydrogens is 463 g/mol. The Morgan fingerprint density at radius 3 is 2.42 bits per heavy atom. The van der Waals surface area contributed by atoms with Crippen molar-refractivity contribution in [3.05, 3.63) is 76.6 Å². The first-order valence-electron chi connectivity index (χ1n) is 11.8. The lowest BCUT2D eigenvalue weighted by atomic mass is 10.1. The number of nitrogens with zero attached hydrogens (tertiary/aromatic N) is 6. The third kappa shape index (κ3) is 4.13. The van der Waals surface area contributed by atoms with Crippen molar-refractivity contribution in [3.63, 3.8) is 0 Å². The minimum atomic E-state index is -0.482. The number of carbonyl (C=O) groups is 1. The van der Waals surface area contributed by atoms with E-state index in [-0.39, 0.29) is 17.3 Å². The van der Waals surface area contributed by atoms with E-state index in [0.717, 1.165) is 11.1 Å². The molecule has 186 valence electrons. The Morgan fingerprint density at radius 1 is 1.06 bits per heavy atom. The van der Waals surface area contributed by atoms with Gasteiger partial charge < -0.3 is 14.9 Å². The number of halogens is 1. The number of piperazine rings is 1. The molecule has 0 spiro atoms.